The maximum atomic E-state index is 12.8. The van der Waals surface area contributed by atoms with Crippen LogP contribution in [0.5, 0.6) is 0 Å². The summed E-state index contributed by atoms with van der Waals surface area (Å²) in [5, 5.41) is 9.47. The molecule has 0 N–H and O–H groups in total. The molecule has 3 unspecified atom stereocenters. The van der Waals surface area contributed by atoms with Gasteiger partial charge in [-0.05, 0) is 54.9 Å². The quantitative estimate of drug-likeness (QED) is 0.353. The van der Waals surface area contributed by atoms with E-state index in [1.165, 1.54) is 18.2 Å². The molecule has 0 radical (unpaired) electrons. The van der Waals surface area contributed by atoms with Crippen LogP contribution in [0.15, 0.2) is 60.0 Å². The average molecular weight is 451 g/mol. The monoisotopic (exact) mass is 450 g/mol. The predicted octanol–water partition coefficient (Wildman–Crippen LogP) is 5.43. The van der Waals surface area contributed by atoms with E-state index in [0.29, 0.717) is 22.9 Å². The summed E-state index contributed by atoms with van der Waals surface area (Å²) in [5.41, 5.74) is 1.86. The van der Waals surface area contributed by atoms with Crippen LogP contribution >= 0.6 is 11.8 Å². The van der Waals surface area contributed by atoms with Gasteiger partial charge >= 0.3 is 5.97 Å². The molecule has 0 spiro atoms. The molecule has 4 rings (SSSR count). The number of ether oxygens (including phenoxy) is 1. The van der Waals surface area contributed by atoms with E-state index in [1.54, 1.807) is 12.4 Å². The van der Waals surface area contributed by atoms with Gasteiger partial charge in [0.15, 0.2) is 11.0 Å². The number of hydrogen-bond donors (Lipinski definition) is 0. The highest BCUT2D eigenvalue weighted by Crippen LogP contribution is 2.36. The van der Waals surface area contributed by atoms with Crippen molar-refractivity contribution in [3.05, 3.63) is 54.9 Å². The van der Waals surface area contributed by atoms with Crippen LogP contribution < -0.4 is 0 Å². The molecule has 3 atom stereocenters. The average Bonchev–Trinajstić information content (AvgIpc) is 3.23. The molecule has 0 amide bonds. The molecule has 6 nitrogen and oxygen atoms in total. The minimum absolute atomic E-state index is 0.00576. The van der Waals surface area contributed by atoms with Crippen LogP contribution in [0.3, 0.4) is 0 Å². The van der Waals surface area contributed by atoms with Crippen molar-refractivity contribution in [3.8, 4) is 17.1 Å². The van der Waals surface area contributed by atoms with Crippen molar-refractivity contribution in [1.82, 2.24) is 19.7 Å². The molecule has 1 aliphatic rings. The van der Waals surface area contributed by atoms with Gasteiger partial charge in [0.2, 0.25) is 0 Å². The Labute approximate surface area is 193 Å². The number of thioether (sulfide) groups is 1. The molecular formula is C25H30N4O2S. The predicted molar refractivity (Wildman–Crippen MR) is 127 cm³/mol. The smallest absolute Gasteiger partial charge is 0.316 e. The summed E-state index contributed by atoms with van der Waals surface area (Å²) in [4.78, 5) is 16.9. The SMILES string of the molecule is CC1CCC(C(C)C)C(OC(=O)CSc2nnc(-c3ccncc3)n2-c2ccccc2)C1. The fourth-order valence-electron chi connectivity index (χ4n) is 4.44. The summed E-state index contributed by atoms with van der Waals surface area (Å²) in [6, 6.07) is 13.8. The Kier molecular flexibility index (Phi) is 7.25. The number of nitrogens with zero attached hydrogens (tertiary/aromatic N) is 4. The van der Waals surface area contributed by atoms with Gasteiger partial charge < -0.3 is 4.74 Å². The van der Waals surface area contributed by atoms with Crippen molar-refractivity contribution in [1.29, 1.82) is 0 Å². The number of carbonyl (C=O) groups excluding carboxylic acids is 1. The maximum absolute atomic E-state index is 12.8. The largest absolute Gasteiger partial charge is 0.461 e. The molecule has 2 heterocycles. The second-order valence-electron chi connectivity index (χ2n) is 8.86. The lowest BCUT2D eigenvalue weighted by molar-refractivity contribution is -0.152. The number of para-hydroxylation sites is 1. The Bertz CT molecular complexity index is 1020. The summed E-state index contributed by atoms with van der Waals surface area (Å²) >= 11 is 1.36. The van der Waals surface area contributed by atoms with Crippen LogP contribution in [-0.4, -0.2) is 37.6 Å². The number of aromatic nitrogens is 4. The van der Waals surface area contributed by atoms with Crippen LogP contribution in [0.25, 0.3) is 17.1 Å². The van der Waals surface area contributed by atoms with E-state index < -0.39 is 0 Å². The van der Waals surface area contributed by atoms with E-state index >= 15 is 0 Å². The molecule has 0 saturated heterocycles. The van der Waals surface area contributed by atoms with Crippen molar-refractivity contribution in [3.63, 3.8) is 0 Å². The van der Waals surface area contributed by atoms with Gasteiger partial charge in [-0.15, -0.1) is 10.2 Å². The van der Waals surface area contributed by atoms with Crippen molar-refractivity contribution in [2.45, 2.75) is 51.3 Å². The highest BCUT2D eigenvalue weighted by Gasteiger charge is 2.33. The van der Waals surface area contributed by atoms with E-state index in [2.05, 4.69) is 36.0 Å². The Morgan fingerprint density at radius 2 is 1.88 bits per heavy atom. The van der Waals surface area contributed by atoms with Crippen molar-refractivity contribution in [2.75, 3.05) is 5.75 Å². The lowest BCUT2D eigenvalue weighted by atomic mass is 9.75. The maximum Gasteiger partial charge on any atom is 0.316 e. The van der Waals surface area contributed by atoms with Gasteiger partial charge in [-0.3, -0.25) is 14.3 Å². The minimum Gasteiger partial charge on any atom is -0.461 e. The van der Waals surface area contributed by atoms with Gasteiger partial charge in [-0.2, -0.15) is 0 Å². The van der Waals surface area contributed by atoms with Crippen LogP contribution in [0.1, 0.15) is 40.0 Å². The van der Waals surface area contributed by atoms with Gasteiger partial charge in [0.1, 0.15) is 6.10 Å². The molecule has 168 valence electrons. The number of esters is 1. The number of carbonyl (C=O) groups is 1. The standard InChI is InChI=1S/C25H30N4O2S/c1-17(2)21-10-9-18(3)15-22(21)31-23(30)16-32-25-28-27-24(19-11-13-26-14-12-19)29(25)20-7-5-4-6-8-20/h4-8,11-14,17-18,21-22H,9-10,15-16H2,1-3H3. The summed E-state index contributed by atoms with van der Waals surface area (Å²) < 4.78 is 7.95. The van der Waals surface area contributed by atoms with E-state index in [1.807, 2.05) is 47.0 Å². The van der Waals surface area contributed by atoms with E-state index in [0.717, 1.165) is 29.9 Å². The third kappa shape index (κ3) is 5.21. The second kappa shape index (κ2) is 10.3. The molecule has 0 bridgehead atoms. The Morgan fingerprint density at radius 1 is 1.12 bits per heavy atom. The third-order valence-electron chi connectivity index (χ3n) is 6.15. The van der Waals surface area contributed by atoms with E-state index in [-0.39, 0.29) is 17.8 Å². The van der Waals surface area contributed by atoms with E-state index in [4.69, 9.17) is 4.74 Å². The first-order valence-corrected chi connectivity index (χ1v) is 12.2. The van der Waals surface area contributed by atoms with Crippen LogP contribution in [0.4, 0.5) is 0 Å². The van der Waals surface area contributed by atoms with Gasteiger partial charge in [-0.1, -0.05) is 57.2 Å². The molecule has 7 heteroatoms. The summed E-state index contributed by atoms with van der Waals surface area (Å²) in [6.07, 6.45) is 6.77. The van der Waals surface area contributed by atoms with Gasteiger partial charge in [-0.25, -0.2) is 0 Å². The number of rotatable bonds is 7. The molecule has 1 aliphatic carbocycles. The first-order chi connectivity index (χ1) is 15.5. The molecule has 0 aliphatic heterocycles. The lowest BCUT2D eigenvalue weighted by Gasteiger charge is -2.36. The van der Waals surface area contributed by atoms with Gasteiger partial charge in [0.25, 0.3) is 0 Å². The number of hydrogen-bond acceptors (Lipinski definition) is 6. The van der Waals surface area contributed by atoms with E-state index in [9.17, 15) is 4.79 Å². The Morgan fingerprint density at radius 3 is 2.59 bits per heavy atom. The zero-order valence-electron chi connectivity index (χ0n) is 18.8. The normalized spacial score (nSPS) is 20.9. The highest BCUT2D eigenvalue weighted by molar-refractivity contribution is 7.99. The third-order valence-corrected chi connectivity index (χ3v) is 7.05. The van der Waals surface area contributed by atoms with Crippen LogP contribution in [-0.2, 0) is 9.53 Å². The van der Waals surface area contributed by atoms with Crippen molar-refractivity contribution >= 4 is 17.7 Å². The molecule has 2 aromatic heterocycles. The zero-order valence-corrected chi connectivity index (χ0v) is 19.7. The topological polar surface area (TPSA) is 69.9 Å². The fraction of sp³-hybridized carbons (Fsp3) is 0.440. The zero-order chi connectivity index (χ0) is 22.5. The summed E-state index contributed by atoms with van der Waals surface area (Å²) in [7, 11) is 0. The fourth-order valence-corrected chi connectivity index (χ4v) is 5.17. The first kappa shape index (κ1) is 22.5. The lowest BCUT2D eigenvalue weighted by Crippen LogP contribution is -2.36. The van der Waals surface area contributed by atoms with Crippen LogP contribution in [0, 0.1) is 17.8 Å². The number of benzene rings is 1. The van der Waals surface area contributed by atoms with Crippen molar-refractivity contribution in [2.24, 2.45) is 17.8 Å². The molecular weight excluding hydrogens is 420 g/mol. The molecule has 1 aromatic carbocycles. The van der Waals surface area contributed by atoms with Crippen LogP contribution in [0.2, 0.25) is 0 Å². The van der Waals surface area contributed by atoms with Gasteiger partial charge in [0, 0.05) is 23.6 Å². The number of pyridine rings is 1. The molecule has 1 fully saturated rings. The molecule has 32 heavy (non-hydrogen) atoms. The summed E-state index contributed by atoms with van der Waals surface area (Å²) in [6.45, 7) is 6.69. The molecule has 3 aromatic rings. The first-order valence-electron chi connectivity index (χ1n) is 11.3. The Hall–Kier alpha value is -2.67. The van der Waals surface area contributed by atoms with Gasteiger partial charge in [0.05, 0.1) is 5.75 Å². The summed E-state index contributed by atoms with van der Waals surface area (Å²) in [5.74, 6) is 2.28. The minimum atomic E-state index is -0.187. The Balaban J connectivity index is 1.51. The molecule has 1 saturated carbocycles. The highest BCUT2D eigenvalue weighted by atomic mass is 32.2. The van der Waals surface area contributed by atoms with Crippen molar-refractivity contribution < 1.29 is 9.53 Å². The second-order valence-corrected chi connectivity index (χ2v) is 9.80.